The van der Waals surface area contributed by atoms with E-state index in [-0.39, 0.29) is 0 Å². The molecule has 7 nitrogen and oxygen atoms in total. The maximum Gasteiger partial charge on any atom is 0.188 e. The predicted molar refractivity (Wildman–Crippen MR) is 121 cm³/mol. The lowest BCUT2D eigenvalue weighted by Gasteiger charge is -2.24. The van der Waals surface area contributed by atoms with Crippen molar-refractivity contribution in [2.45, 2.75) is 19.4 Å². The van der Waals surface area contributed by atoms with Crippen LogP contribution in [0.1, 0.15) is 17.7 Å². The Morgan fingerprint density at radius 3 is 2.79 bits per heavy atom. The number of rotatable bonds is 10. The molecule has 0 atom stereocenters. The summed E-state index contributed by atoms with van der Waals surface area (Å²) in [6.45, 7) is 2.90. The van der Waals surface area contributed by atoms with Gasteiger partial charge in [-0.05, 0) is 42.7 Å². The van der Waals surface area contributed by atoms with E-state index in [2.05, 4.69) is 70.4 Å². The van der Waals surface area contributed by atoms with Gasteiger partial charge in [0.1, 0.15) is 5.82 Å². The monoisotopic (exact) mass is 455 g/mol. The van der Waals surface area contributed by atoms with Gasteiger partial charge in [-0.25, -0.2) is 9.97 Å². The highest BCUT2D eigenvalue weighted by atomic mass is 79.9. The van der Waals surface area contributed by atoms with E-state index in [9.17, 15) is 0 Å². The number of guanidine groups is 1. The lowest BCUT2D eigenvalue weighted by molar-refractivity contribution is 0.737. The number of anilines is 1. The molecular weight excluding hydrogens is 430 g/mol. The van der Waals surface area contributed by atoms with Crippen LogP contribution in [0.2, 0.25) is 0 Å². The normalized spacial score (nSPS) is 11.4. The molecule has 1 aromatic carbocycles. The Morgan fingerprint density at radius 2 is 2.07 bits per heavy atom. The van der Waals surface area contributed by atoms with Crippen LogP contribution in [0.25, 0.3) is 0 Å². The summed E-state index contributed by atoms with van der Waals surface area (Å²) in [5, 5.41) is 3.20. The first-order valence-corrected chi connectivity index (χ1v) is 10.4. The number of aromatic amines is 1. The predicted octanol–water partition coefficient (Wildman–Crippen LogP) is 3.11. The summed E-state index contributed by atoms with van der Waals surface area (Å²) in [5.41, 5.74) is 8.34. The highest BCUT2D eigenvalue weighted by molar-refractivity contribution is 9.10. The molecule has 29 heavy (non-hydrogen) atoms. The van der Waals surface area contributed by atoms with Gasteiger partial charge in [0.2, 0.25) is 0 Å². The first-order valence-electron chi connectivity index (χ1n) is 9.62. The van der Waals surface area contributed by atoms with E-state index in [0.29, 0.717) is 19.0 Å². The molecule has 0 aliphatic rings. The van der Waals surface area contributed by atoms with Crippen molar-refractivity contribution in [3.8, 4) is 0 Å². The third-order valence-electron chi connectivity index (χ3n) is 4.39. The van der Waals surface area contributed by atoms with Crippen molar-refractivity contribution < 1.29 is 0 Å². The van der Waals surface area contributed by atoms with Crippen LogP contribution < -0.4 is 16.0 Å². The topological polar surface area (TPSA) is 95.2 Å². The van der Waals surface area contributed by atoms with Crippen LogP contribution in [0.4, 0.5) is 5.82 Å². The van der Waals surface area contributed by atoms with Gasteiger partial charge in [-0.3, -0.25) is 4.99 Å². The van der Waals surface area contributed by atoms with Gasteiger partial charge in [-0.2, -0.15) is 0 Å². The minimum atomic E-state index is 0.472. The summed E-state index contributed by atoms with van der Waals surface area (Å²) in [6.07, 6.45) is 7.18. The van der Waals surface area contributed by atoms with Crippen molar-refractivity contribution in [3.05, 3.63) is 76.9 Å². The van der Waals surface area contributed by atoms with E-state index in [4.69, 9.17) is 5.73 Å². The largest absolute Gasteiger partial charge is 0.370 e. The van der Waals surface area contributed by atoms with Crippen molar-refractivity contribution in [2.75, 3.05) is 24.5 Å². The second-order valence-corrected chi connectivity index (χ2v) is 7.53. The van der Waals surface area contributed by atoms with Gasteiger partial charge in [0.25, 0.3) is 0 Å². The molecular formula is C21H26BrN7. The molecule has 0 spiro atoms. The molecule has 2 heterocycles. The van der Waals surface area contributed by atoms with Crippen molar-refractivity contribution in [3.63, 3.8) is 0 Å². The molecule has 0 bridgehead atoms. The third kappa shape index (κ3) is 7.23. The zero-order valence-electron chi connectivity index (χ0n) is 16.3. The number of halogens is 1. The standard InChI is InChI=1S/C21H26BrN7/c22-18-8-6-17(7-9-18)15-29(20-5-1-2-10-25-20)13-12-27-21(23)26-11-3-4-19-14-24-16-28-19/h1-2,5-10,14,16H,3-4,11-13,15H2,(H,24,28)(H3,23,26,27). The molecule has 0 unspecified atom stereocenters. The lowest BCUT2D eigenvalue weighted by atomic mass is 10.2. The van der Waals surface area contributed by atoms with Crippen LogP contribution in [0.3, 0.4) is 0 Å². The third-order valence-corrected chi connectivity index (χ3v) is 4.92. The van der Waals surface area contributed by atoms with Crippen molar-refractivity contribution in [2.24, 2.45) is 10.7 Å². The summed E-state index contributed by atoms with van der Waals surface area (Å²) >= 11 is 3.48. The number of nitrogens with two attached hydrogens (primary N) is 1. The summed E-state index contributed by atoms with van der Waals surface area (Å²) in [4.78, 5) is 18.2. The number of aromatic nitrogens is 3. The molecule has 3 aromatic rings. The molecule has 4 N–H and O–H groups in total. The number of H-pyrrole nitrogens is 1. The highest BCUT2D eigenvalue weighted by Gasteiger charge is 2.08. The Labute approximate surface area is 179 Å². The summed E-state index contributed by atoms with van der Waals surface area (Å²) in [5.74, 6) is 1.41. The Morgan fingerprint density at radius 1 is 1.21 bits per heavy atom. The number of nitrogens with one attached hydrogen (secondary N) is 2. The fraction of sp³-hybridized carbons (Fsp3) is 0.286. The van der Waals surface area contributed by atoms with Crippen LogP contribution >= 0.6 is 15.9 Å². The van der Waals surface area contributed by atoms with E-state index in [0.717, 1.165) is 41.9 Å². The van der Waals surface area contributed by atoms with Gasteiger partial charge in [-0.1, -0.05) is 34.1 Å². The average Bonchev–Trinajstić information content (AvgIpc) is 3.26. The maximum atomic E-state index is 6.01. The molecule has 0 fully saturated rings. The molecule has 152 valence electrons. The van der Waals surface area contributed by atoms with Gasteiger partial charge in [0.15, 0.2) is 5.96 Å². The minimum absolute atomic E-state index is 0.472. The summed E-state index contributed by atoms with van der Waals surface area (Å²) in [6, 6.07) is 14.3. The van der Waals surface area contributed by atoms with Gasteiger partial charge >= 0.3 is 0 Å². The first kappa shape index (κ1) is 20.9. The molecule has 2 aromatic heterocycles. The number of aryl methyl sites for hydroxylation is 1. The molecule has 0 saturated heterocycles. The van der Waals surface area contributed by atoms with E-state index >= 15 is 0 Å². The number of imidazole rings is 1. The minimum Gasteiger partial charge on any atom is -0.370 e. The van der Waals surface area contributed by atoms with Crippen LogP contribution in [0.5, 0.6) is 0 Å². The molecule has 3 rings (SSSR count). The number of aliphatic imine (C=N–C) groups is 1. The molecule has 0 aliphatic heterocycles. The molecule has 8 heteroatoms. The summed E-state index contributed by atoms with van der Waals surface area (Å²) < 4.78 is 1.07. The first-order chi connectivity index (χ1) is 14.2. The number of hydrogen-bond donors (Lipinski definition) is 3. The van der Waals surface area contributed by atoms with Crippen LogP contribution in [0, 0.1) is 0 Å². The summed E-state index contributed by atoms with van der Waals surface area (Å²) in [7, 11) is 0. The SMILES string of the molecule is NC(=NCCCc1cnc[nH]1)NCCN(Cc1ccc(Br)cc1)c1ccccn1. The Hall–Kier alpha value is -2.87. The Balaban J connectivity index is 1.48. The second-order valence-electron chi connectivity index (χ2n) is 6.61. The number of nitrogens with zero attached hydrogens (tertiary/aromatic N) is 4. The van der Waals surface area contributed by atoms with Crippen molar-refractivity contribution >= 4 is 27.7 Å². The highest BCUT2D eigenvalue weighted by Crippen LogP contribution is 2.16. The van der Waals surface area contributed by atoms with Gasteiger partial charge in [0.05, 0.1) is 6.33 Å². The van der Waals surface area contributed by atoms with E-state index in [1.165, 1.54) is 5.56 Å². The fourth-order valence-electron chi connectivity index (χ4n) is 2.89. The number of pyridine rings is 1. The molecule has 0 radical (unpaired) electrons. The van der Waals surface area contributed by atoms with Crippen LogP contribution in [-0.2, 0) is 13.0 Å². The van der Waals surface area contributed by atoms with E-state index < -0.39 is 0 Å². The Kier molecular flexibility index (Phi) is 8.06. The van der Waals surface area contributed by atoms with Crippen LogP contribution in [-0.4, -0.2) is 40.5 Å². The number of benzene rings is 1. The molecule has 0 aliphatic carbocycles. The Bertz CT molecular complexity index is 864. The average molecular weight is 456 g/mol. The van der Waals surface area contributed by atoms with E-state index in [1.54, 1.807) is 6.33 Å². The zero-order chi connectivity index (χ0) is 20.3. The van der Waals surface area contributed by atoms with Gasteiger partial charge in [-0.15, -0.1) is 0 Å². The second kappa shape index (κ2) is 11.2. The number of hydrogen-bond acceptors (Lipinski definition) is 4. The zero-order valence-corrected chi connectivity index (χ0v) is 17.8. The van der Waals surface area contributed by atoms with E-state index in [1.807, 2.05) is 30.6 Å². The maximum absolute atomic E-state index is 6.01. The quantitative estimate of drug-likeness (QED) is 0.248. The van der Waals surface area contributed by atoms with Crippen LogP contribution in [0.15, 0.2) is 70.7 Å². The lowest BCUT2D eigenvalue weighted by Crippen LogP contribution is -2.38. The van der Waals surface area contributed by atoms with Crippen molar-refractivity contribution in [1.82, 2.24) is 20.3 Å². The molecule has 0 saturated carbocycles. The van der Waals surface area contributed by atoms with Gasteiger partial charge in [0, 0.05) is 48.7 Å². The van der Waals surface area contributed by atoms with Crippen molar-refractivity contribution in [1.29, 1.82) is 0 Å². The molecule has 0 amide bonds. The smallest absolute Gasteiger partial charge is 0.188 e. The fourth-order valence-corrected chi connectivity index (χ4v) is 3.16. The van der Waals surface area contributed by atoms with Gasteiger partial charge < -0.3 is 20.9 Å².